The summed E-state index contributed by atoms with van der Waals surface area (Å²) in [5.74, 6) is -1.58. The van der Waals surface area contributed by atoms with E-state index in [1.165, 1.54) is 43.3 Å². The van der Waals surface area contributed by atoms with E-state index in [0.717, 1.165) is 6.07 Å². The average molecular weight is 380 g/mol. The lowest BCUT2D eigenvalue weighted by Crippen LogP contribution is -2.31. The van der Waals surface area contributed by atoms with Crippen LogP contribution in [0.5, 0.6) is 5.75 Å². The van der Waals surface area contributed by atoms with Crippen molar-refractivity contribution in [3.05, 3.63) is 58.9 Å². The minimum Gasteiger partial charge on any atom is -0.482 e. The van der Waals surface area contributed by atoms with Gasteiger partial charge in [0.2, 0.25) is 0 Å². The molecular weight excluding hydrogens is 365 g/mol. The maximum atomic E-state index is 13.1. The predicted molar refractivity (Wildman–Crippen MR) is 92.9 cm³/mol. The molecule has 2 aromatic rings. The van der Waals surface area contributed by atoms with E-state index in [4.69, 9.17) is 21.1 Å². The number of anilines is 1. The number of rotatable bonds is 7. The van der Waals surface area contributed by atoms with Gasteiger partial charge in [-0.1, -0.05) is 11.6 Å². The number of hydrogen-bond donors (Lipinski definition) is 1. The van der Waals surface area contributed by atoms with Crippen LogP contribution in [0, 0.1) is 5.82 Å². The Morgan fingerprint density at radius 3 is 2.54 bits per heavy atom. The van der Waals surface area contributed by atoms with Crippen LogP contribution in [0.15, 0.2) is 42.5 Å². The highest BCUT2D eigenvalue weighted by Gasteiger charge is 2.18. The van der Waals surface area contributed by atoms with E-state index in [2.05, 4.69) is 5.32 Å². The molecule has 0 unspecified atom stereocenters. The SMILES string of the molecule is C[C@@H](OC(=O)COc1ccc(C=O)cc1)C(=O)Nc1ccc(F)c(Cl)c1. The first-order chi connectivity index (χ1) is 12.4. The Balaban J connectivity index is 1.82. The Morgan fingerprint density at radius 1 is 1.23 bits per heavy atom. The molecular formula is C18H15ClFNO5. The molecule has 0 aromatic heterocycles. The fourth-order valence-corrected chi connectivity index (χ4v) is 2.07. The molecule has 1 amide bonds. The van der Waals surface area contributed by atoms with Crippen molar-refractivity contribution in [3.63, 3.8) is 0 Å². The van der Waals surface area contributed by atoms with Crippen LogP contribution in [0.25, 0.3) is 0 Å². The molecule has 2 aromatic carbocycles. The van der Waals surface area contributed by atoms with Gasteiger partial charge in [0.05, 0.1) is 5.02 Å². The summed E-state index contributed by atoms with van der Waals surface area (Å²) in [4.78, 5) is 34.3. The van der Waals surface area contributed by atoms with E-state index in [9.17, 15) is 18.8 Å². The van der Waals surface area contributed by atoms with Gasteiger partial charge in [0, 0.05) is 11.3 Å². The van der Waals surface area contributed by atoms with Gasteiger partial charge in [-0.05, 0) is 49.4 Å². The van der Waals surface area contributed by atoms with Gasteiger partial charge in [-0.15, -0.1) is 0 Å². The van der Waals surface area contributed by atoms with Crippen LogP contribution in [0.1, 0.15) is 17.3 Å². The molecule has 0 heterocycles. The second-order valence-electron chi connectivity index (χ2n) is 5.23. The molecule has 0 bridgehead atoms. The average Bonchev–Trinajstić information content (AvgIpc) is 2.63. The first kappa shape index (κ1) is 19.4. The maximum absolute atomic E-state index is 13.1. The first-order valence-corrected chi connectivity index (χ1v) is 7.90. The highest BCUT2D eigenvalue weighted by atomic mass is 35.5. The molecule has 0 fully saturated rings. The number of halogens is 2. The predicted octanol–water partition coefficient (Wildman–Crippen LogP) is 3.24. The molecule has 0 aliphatic carbocycles. The minimum atomic E-state index is -1.09. The van der Waals surface area contributed by atoms with E-state index in [-0.39, 0.29) is 10.7 Å². The highest BCUT2D eigenvalue weighted by molar-refractivity contribution is 6.31. The number of benzene rings is 2. The maximum Gasteiger partial charge on any atom is 0.344 e. The molecule has 26 heavy (non-hydrogen) atoms. The van der Waals surface area contributed by atoms with Crippen molar-refractivity contribution in [2.75, 3.05) is 11.9 Å². The summed E-state index contributed by atoms with van der Waals surface area (Å²) in [6, 6.07) is 9.83. The molecule has 1 atom stereocenters. The standard InChI is InChI=1S/C18H15ClFNO5/c1-11(18(24)21-13-4-7-16(20)15(19)8-13)26-17(23)10-25-14-5-2-12(9-22)3-6-14/h2-9,11H,10H2,1H3,(H,21,24)/t11-/m1/s1. The van der Waals surface area contributed by atoms with E-state index >= 15 is 0 Å². The van der Waals surface area contributed by atoms with Crippen LogP contribution in [0.2, 0.25) is 5.02 Å². The third-order valence-electron chi connectivity index (χ3n) is 3.24. The Morgan fingerprint density at radius 2 is 1.92 bits per heavy atom. The van der Waals surface area contributed by atoms with Crippen molar-refractivity contribution in [1.29, 1.82) is 0 Å². The Labute approximate surface area is 153 Å². The topological polar surface area (TPSA) is 81.7 Å². The Hall–Kier alpha value is -2.93. The van der Waals surface area contributed by atoms with E-state index in [1.54, 1.807) is 0 Å². The Bertz CT molecular complexity index is 810. The molecule has 2 rings (SSSR count). The summed E-state index contributed by atoms with van der Waals surface area (Å²) in [7, 11) is 0. The van der Waals surface area contributed by atoms with Crippen molar-refractivity contribution < 1.29 is 28.2 Å². The van der Waals surface area contributed by atoms with Gasteiger partial charge in [0.25, 0.3) is 5.91 Å². The number of carbonyl (C=O) groups is 3. The summed E-state index contributed by atoms with van der Waals surface area (Å²) in [5.41, 5.74) is 0.752. The molecule has 0 aliphatic rings. The van der Waals surface area contributed by atoms with Crippen molar-refractivity contribution in [2.45, 2.75) is 13.0 Å². The molecule has 0 saturated heterocycles. The van der Waals surface area contributed by atoms with Crippen molar-refractivity contribution in [2.24, 2.45) is 0 Å². The van der Waals surface area contributed by atoms with Crippen LogP contribution in [0.4, 0.5) is 10.1 Å². The van der Waals surface area contributed by atoms with Gasteiger partial charge in [-0.3, -0.25) is 9.59 Å². The molecule has 1 N–H and O–H groups in total. The summed E-state index contributed by atoms with van der Waals surface area (Å²) >= 11 is 5.63. The lowest BCUT2D eigenvalue weighted by molar-refractivity contribution is -0.155. The van der Waals surface area contributed by atoms with Gasteiger partial charge in [-0.2, -0.15) is 0 Å². The van der Waals surface area contributed by atoms with Gasteiger partial charge in [-0.25, -0.2) is 9.18 Å². The van der Waals surface area contributed by atoms with Crippen molar-refractivity contribution >= 4 is 35.5 Å². The van der Waals surface area contributed by atoms with E-state index in [0.29, 0.717) is 17.6 Å². The minimum absolute atomic E-state index is 0.138. The Kier molecular flexibility index (Phi) is 6.68. The number of carbonyl (C=O) groups excluding carboxylic acids is 3. The zero-order valence-electron chi connectivity index (χ0n) is 13.7. The molecule has 6 nitrogen and oxygen atoms in total. The highest BCUT2D eigenvalue weighted by Crippen LogP contribution is 2.19. The molecule has 0 radical (unpaired) electrons. The van der Waals surface area contributed by atoms with Gasteiger partial charge < -0.3 is 14.8 Å². The molecule has 8 heteroatoms. The third kappa shape index (κ3) is 5.56. The number of aldehydes is 1. The summed E-state index contributed by atoms with van der Waals surface area (Å²) < 4.78 is 23.3. The van der Waals surface area contributed by atoms with E-state index in [1.807, 2.05) is 0 Å². The number of esters is 1. The van der Waals surface area contributed by atoms with Crippen LogP contribution in [0.3, 0.4) is 0 Å². The van der Waals surface area contributed by atoms with Crippen LogP contribution in [-0.4, -0.2) is 30.9 Å². The van der Waals surface area contributed by atoms with Gasteiger partial charge >= 0.3 is 5.97 Å². The lowest BCUT2D eigenvalue weighted by atomic mass is 10.2. The van der Waals surface area contributed by atoms with Crippen molar-refractivity contribution in [1.82, 2.24) is 0 Å². The second kappa shape index (κ2) is 8.96. The fraction of sp³-hybridized carbons (Fsp3) is 0.167. The molecule has 136 valence electrons. The second-order valence-corrected chi connectivity index (χ2v) is 5.63. The van der Waals surface area contributed by atoms with Gasteiger partial charge in [0.1, 0.15) is 17.9 Å². The fourth-order valence-electron chi connectivity index (χ4n) is 1.89. The molecule has 0 spiro atoms. The third-order valence-corrected chi connectivity index (χ3v) is 3.53. The van der Waals surface area contributed by atoms with Gasteiger partial charge in [0.15, 0.2) is 12.7 Å². The van der Waals surface area contributed by atoms with Crippen LogP contribution >= 0.6 is 11.6 Å². The summed E-state index contributed by atoms with van der Waals surface area (Å²) in [5, 5.41) is 2.32. The summed E-state index contributed by atoms with van der Waals surface area (Å²) in [6.07, 6.45) is -0.403. The van der Waals surface area contributed by atoms with Crippen LogP contribution in [-0.2, 0) is 14.3 Å². The van der Waals surface area contributed by atoms with Crippen molar-refractivity contribution in [3.8, 4) is 5.75 Å². The first-order valence-electron chi connectivity index (χ1n) is 7.52. The summed E-state index contributed by atoms with van der Waals surface area (Å²) in [6.45, 7) is 0.984. The zero-order chi connectivity index (χ0) is 19.1. The smallest absolute Gasteiger partial charge is 0.344 e. The lowest BCUT2D eigenvalue weighted by Gasteiger charge is -2.14. The van der Waals surface area contributed by atoms with Crippen LogP contribution < -0.4 is 10.1 Å². The molecule has 0 aliphatic heterocycles. The largest absolute Gasteiger partial charge is 0.482 e. The molecule has 0 saturated carbocycles. The number of nitrogens with one attached hydrogen (secondary N) is 1. The number of hydrogen-bond acceptors (Lipinski definition) is 5. The zero-order valence-corrected chi connectivity index (χ0v) is 14.5. The monoisotopic (exact) mass is 379 g/mol. The van der Waals surface area contributed by atoms with E-state index < -0.39 is 30.4 Å². The normalized spacial score (nSPS) is 11.3. The number of ether oxygens (including phenoxy) is 2. The quantitative estimate of drug-likeness (QED) is 0.590. The number of amides is 1.